The van der Waals surface area contributed by atoms with Crippen LogP contribution in [0.25, 0.3) is 0 Å². The predicted molar refractivity (Wildman–Crippen MR) is 106 cm³/mol. The fraction of sp³-hybridized carbons (Fsp3) is 0.591. The van der Waals surface area contributed by atoms with Gasteiger partial charge in [0.1, 0.15) is 23.2 Å². The predicted octanol–water partition coefficient (Wildman–Crippen LogP) is 4.35. The van der Waals surface area contributed by atoms with Gasteiger partial charge in [-0.3, -0.25) is 4.79 Å². The third-order valence-electron chi connectivity index (χ3n) is 5.41. The first-order chi connectivity index (χ1) is 13.0. The number of benzene rings is 1. The Kier molecular flexibility index (Phi) is 6.30. The molecule has 0 spiro atoms. The van der Waals surface area contributed by atoms with Gasteiger partial charge in [-0.25, -0.2) is 0 Å². The number of carbonyl (C=O) groups excluding carboxylic acids is 1. The summed E-state index contributed by atoms with van der Waals surface area (Å²) in [5, 5.41) is 18.6. The second-order valence-electron chi connectivity index (χ2n) is 8.17. The molecule has 27 heavy (non-hydrogen) atoms. The number of phenols is 1. The molecule has 1 aliphatic rings. The molecule has 0 amide bonds. The molecular formula is C22H31N3O2. The molecule has 5 nitrogen and oxygen atoms in total. The maximum Gasteiger partial charge on any atom is 0.133 e. The van der Waals surface area contributed by atoms with Crippen molar-refractivity contribution in [2.24, 2.45) is 5.92 Å². The van der Waals surface area contributed by atoms with E-state index in [0.717, 1.165) is 35.6 Å². The minimum atomic E-state index is 0.242. The van der Waals surface area contributed by atoms with Crippen molar-refractivity contribution < 1.29 is 9.90 Å². The molecule has 0 bridgehead atoms. The lowest BCUT2D eigenvalue weighted by molar-refractivity contribution is -0.119. The van der Waals surface area contributed by atoms with Crippen molar-refractivity contribution in [2.45, 2.75) is 78.2 Å². The highest BCUT2D eigenvalue weighted by Crippen LogP contribution is 2.37. The van der Waals surface area contributed by atoms with Gasteiger partial charge in [-0.1, -0.05) is 26.0 Å². The van der Waals surface area contributed by atoms with Crippen LogP contribution in [0.4, 0.5) is 0 Å². The summed E-state index contributed by atoms with van der Waals surface area (Å²) in [4.78, 5) is 12.4. The van der Waals surface area contributed by atoms with Gasteiger partial charge in [0.15, 0.2) is 0 Å². The maximum atomic E-state index is 12.4. The minimum Gasteiger partial charge on any atom is -0.508 e. The molecule has 1 aromatic heterocycles. The first-order valence-corrected chi connectivity index (χ1v) is 10.2. The van der Waals surface area contributed by atoms with Gasteiger partial charge in [-0.2, -0.15) is 0 Å². The summed E-state index contributed by atoms with van der Waals surface area (Å²) >= 11 is 0. The van der Waals surface area contributed by atoms with Gasteiger partial charge in [0.05, 0.1) is 0 Å². The van der Waals surface area contributed by atoms with Crippen LogP contribution < -0.4 is 0 Å². The molecule has 0 atom stereocenters. The number of phenolic OH excluding ortho intramolecular Hbond substituents is 1. The van der Waals surface area contributed by atoms with Crippen LogP contribution >= 0.6 is 0 Å². The third kappa shape index (κ3) is 5.18. The number of aryl methyl sites for hydroxylation is 3. The van der Waals surface area contributed by atoms with E-state index in [-0.39, 0.29) is 5.78 Å². The van der Waals surface area contributed by atoms with Crippen LogP contribution in [0, 0.1) is 12.8 Å². The van der Waals surface area contributed by atoms with Crippen LogP contribution in [0.3, 0.4) is 0 Å². The number of Topliss-reactive ketones (excluding diaryl/α,β-unsaturated/α-hetero) is 1. The molecule has 2 aromatic rings. The van der Waals surface area contributed by atoms with Crippen molar-refractivity contribution in [3.8, 4) is 5.75 Å². The number of ketones is 1. The molecule has 0 radical (unpaired) electrons. The Morgan fingerprint density at radius 3 is 2.48 bits per heavy atom. The van der Waals surface area contributed by atoms with Crippen molar-refractivity contribution in [1.29, 1.82) is 0 Å². The minimum absolute atomic E-state index is 0.242. The summed E-state index contributed by atoms with van der Waals surface area (Å²) < 4.78 is 2.30. The zero-order valence-corrected chi connectivity index (χ0v) is 16.7. The fourth-order valence-electron chi connectivity index (χ4n) is 3.46. The Morgan fingerprint density at radius 2 is 1.81 bits per heavy atom. The van der Waals surface area contributed by atoms with E-state index in [2.05, 4.69) is 28.6 Å². The first kappa shape index (κ1) is 19.6. The third-order valence-corrected chi connectivity index (χ3v) is 5.41. The highest BCUT2D eigenvalue weighted by atomic mass is 16.3. The number of rotatable bonds is 10. The summed E-state index contributed by atoms with van der Waals surface area (Å²) in [6.45, 7) is 6.35. The molecule has 3 rings (SSSR count). The number of aromatic hydroxyl groups is 1. The Hall–Kier alpha value is -2.17. The topological polar surface area (TPSA) is 68.0 Å². The number of hydrogen-bond acceptors (Lipinski definition) is 4. The SMILES string of the molecule is Cc1c(O)cccc1CCC(=O)CCc1nnc(CCC(C)C)n1C1CC1. The zero-order chi connectivity index (χ0) is 19.4. The molecule has 1 aromatic carbocycles. The standard InChI is InChI=1S/C22H31N3O2/c1-15(2)7-13-21-23-24-22(25(21)18-9-10-18)14-12-19(26)11-8-17-5-4-6-20(27)16(17)3/h4-6,15,18,27H,7-14H2,1-3H3. The average molecular weight is 370 g/mol. The van der Waals surface area contributed by atoms with E-state index in [1.807, 2.05) is 19.1 Å². The molecule has 1 heterocycles. The maximum absolute atomic E-state index is 12.4. The number of aromatic nitrogens is 3. The number of carbonyl (C=O) groups is 1. The van der Waals surface area contributed by atoms with Crippen LogP contribution in [-0.2, 0) is 24.1 Å². The van der Waals surface area contributed by atoms with Crippen molar-refractivity contribution >= 4 is 5.78 Å². The lowest BCUT2D eigenvalue weighted by Gasteiger charge is -2.10. The van der Waals surface area contributed by atoms with Crippen molar-refractivity contribution in [3.05, 3.63) is 41.0 Å². The number of hydrogen-bond donors (Lipinski definition) is 1. The summed E-state index contributed by atoms with van der Waals surface area (Å²) in [6.07, 6.45) is 6.83. The van der Waals surface area contributed by atoms with Crippen molar-refractivity contribution in [2.75, 3.05) is 0 Å². The van der Waals surface area contributed by atoms with Crippen LogP contribution in [0.15, 0.2) is 18.2 Å². The molecular weight excluding hydrogens is 338 g/mol. The highest BCUT2D eigenvalue weighted by Gasteiger charge is 2.29. The summed E-state index contributed by atoms with van der Waals surface area (Å²) in [6, 6.07) is 6.04. The van der Waals surface area contributed by atoms with Gasteiger partial charge in [0.25, 0.3) is 0 Å². The molecule has 0 saturated heterocycles. The average Bonchev–Trinajstić information content (AvgIpc) is 3.39. The Labute approximate surface area is 161 Å². The molecule has 0 aliphatic heterocycles. The molecule has 1 aliphatic carbocycles. The smallest absolute Gasteiger partial charge is 0.133 e. The summed E-state index contributed by atoms with van der Waals surface area (Å²) in [7, 11) is 0. The van der Waals surface area contributed by atoms with E-state index >= 15 is 0 Å². The molecule has 1 fully saturated rings. The second kappa shape index (κ2) is 8.68. The van der Waals surface area contributed by atoms with E-state index in [0.29, 0.717) is 43.4 Å². The van der Waals surface area contributed by atoms with E-state index in [1.165, 1.54) is 12.8 Å². The van der Waals surface area contributed by atoms with Crippen LogP contribution in [-0.4, -0.2) is 25.7 Å². The lowest BCUT2D eigenvalue weighted by Crippen LogP contribution is -2.10. The second-order valence-corrected chi connectivity index (χ2v) is 8.17. The van der Waals surface area contributed by atoms with E-state index in [4.69, 9.17) is 0 Å². The molecule has 5 heteroatoms. The summed E-state index contributed by atoms with van der Waals surface area (Å²) in [5.74, 6) is 3.25. The first-order valence-electron chi connectivity index (χ1n) is 10.2. The van der Waals surface area contributed by atoms with Gasteiger partial charge in [-0.05, 0) is 55.7 Å². The Balaban J connectivity index is 1.55. The Morgan fingerprint density at radius 1 is 1.15 bits per heavy atom. The normalized spacial score (nSPS) is 14.1. The van der Waals surface area contributed by atoms with Gasteiger partial charge < -0.3 is 9.67 Å². The lowest BCUT2D eigenvalue weighted by atomic mass is 10.0. The van der Waals surface area contributed by atoms with Gasteiger partial charge >= 0.3 is 0 Å². The fourth-order valence-corrected chi connectivity index (χ4v) is 3.46. The zero-order valence-electron chi connectivity index (χ0n) is 16.7. The van der Waals surface area contributed by atoms with Crippen molar-refractivity contribution in [1.82, 2.24) is 14.8 Å². The number of nitrogens with zero attached hydrogens (tertiary/aromatic N) is 3. The monoisotopic (exact) mass is 369 g/mol. The van der Waals surface area contributed by atoms with E-state index in [1.54, 1.807) is 6.07 Å². The largest absolute Gasteiger partial charge is 0.508 e. The van der Waals surface area contributed by atoms with Crippen LogP contribution in [0.1, 0.15) is 74.8 Å². The Bertz CT molecular complexity index is 791. The van der Waals surface area contributed by atoms with Crippen molar-refractivity contribution in [3.63, 3.8) is 0 Å². The molecule has 0 unspecified atom stereocenters. The van der Waals surface area contributed by atoms with Crippen LogP contribution in [0.2, 0.25) is 0 Å². The quantitative estimate of drug-likeness (QED) is 0.676. The molecule has 146 valence electrons. The van der Waals surface area contributed by atoms with Crippen LogP contribution in [0.5, 0.6) is 5.75 Å². The van der Waals surface area contributed by atoms with E-state index < -0.39 is 0 Å². The molecule has 1 N–H and O–H groups in total. The van der Waals surface area contributed by atoms with Gasteiger partial charge in [-0.15, -0.1) is 10.2 Å². The van der Waals surface area contributed by atoms with Gasteiger partial charge in [0.2, 0.25) is 0 Å². The summed E-state index contributed by atoms with van der Waals surface area (Å²) in [5.41, 5.74) is 1.91. The van der Waals surface area contributed by atoms with Gasteiger partial charge in [0, 0.05) is 31.7 Å². The highest BCUT2D eigenvalue weighted by molar-refractivity contribution is 5.78. The van der Waals surface area contributed by atoms with E-state index in [9.17, 15) is 9.90 Å². The molecule has 1 saturated carbocycles.